The molecule has 0 bridgehead atoms. The van der Waals surface area contributed by atoms with Crippen LogP contribution in [0.2, 0.25) is 5.02 Å². The number of benzene rings is 1. The van der Waals surface area contributed by atoms with Crippen LogP contribution in [-0.4, -0.2) is 31.4 Å². The fraction of sp³-hybridized carbons (Fsp3) is 0.400. The number of ether oxygens (including phenoxy) is 1. The number of rotatable bonds is 5. The third-order valence-corrected chi connectivity index (χ3v) is 2.28. The topological polar surface area (TPSA) is 67.5 Å². The van der Waals surface area contributed by atoms with Crippen molar-refractivity contribution in [2.75, 3.05) is 25.6 Å². The second kappa shape index (κ2) is 5.80. The summed E-state index contributed by atoms with van der Waals surface area (Å²) in [6.07, 6.45) is 0. The number of nitrogens with one attached hydrogen (secondary N) is 1. The van der Waals surface area contributed by atoms with Crippen LogP contribution in [0.4, 0.5) is 5.69 Å². The first-order chi connectivity index (χ1) is 7.17. The Morgan fingerprint density at radius 3 is 2.87 bits per heavy atom. The highest BCUT2D eigenvalue weighted by molar-refractivity contribution is 6.33. The van der Waals surface area contributed by atoms with Gasteiger partial charge in [-0.15, -0.1) is 0 Å². The third-order valence-electron chi connectivity index (χ3n) is 1.97. The maximum atomic E-state index is 8.75. The molecule has 4 N–H and O–H groups in total. The van der Waals surface area contributed by atoms with Crippen LogP contribution in [0, 0.1) is 0 Å². The van der Waals surface area contributed by atoms with Gasteiger partial charge in [0.25, 0.3) is 0 Å². The molecule has 15 heavy (non-hydrogen) atoms. The predicted molar refractivity (Wildman–Crippen MR) is 61.6 cm³/mol. The number of hydrogen-bond acceptors (Lipinski definition) is 4. The average molecular weight is 231 g/mol. The van der Waals surface area contributed by atoms with Crippen LogP contribution in [-0.2, 0) is 0 Å². The molecule has 4 nitrogen and oxygen atoms in total. The third kappa shape index (κ3) is 3.58. The maximum absolute atomic E-state index is 8.75. The highest BCUT2D eigenvalue weighted by Gasteiger charge is 2.04. The largest absolute Gasteiger partial charge is 0.497 e. The van der Waals surface area contributed by atoms with Gasteiger partial charge in [0.2, 0.25) is 0 Å². The van der Waals surface area contributed by atoms with E-state index < -0.39 is 0 Å². The number of aliphatic hydroxyl groups is 1. The van der Waals surface area contributed by atoms with Crippen LogP contribution in [0.25, 0.3) is 0 Å². The standard InChI is InChI=1S/C10H15ClN2O2/c1-15-8-2-3-10(9(11)4-8)13-5-7(12)6-14/h2-4,7,13-14H,5-6,12H2,1H3. The zero-order valence-corrected chi connectivity index (χ0v) is 9.29. The van der Waals surface area contributed by atoms with Crippen molar-refractivity contribution in [3.63, 3.8) is 0 Å². The van der Waals surface area contributed by atoms with Crippen molar-refractivity contribution in [2.24, 2.45) is 5.73 Å². The maximum Gasteiger partial charge on any atom is 0.120 e. The lowest BCUT2D eigenvalue weighted by atomic mass is 10.2. The second-order valence-electron chi connectivity index (χ2n) is 3.17. The highest BCUT2D eigenvalue weighted by Crippen LogP contribution is 2.26. The summed E-state index contributed by atoms with van der Waals surface area (Å²) in [6.45, 7) is 0.420. The van der Waals surface area contributed by atoms with Crippen molar-refractivity contribution >= 4 is 17.3 Å². The van der Waals surface area contributed by atoms with Crippen LogP contribution >= 0.6 is 11.6 Å². The van der Waals surface area contributed by atoms with Crippen molar-refractivity contribution < 1.29 is 9.84 Å². The molecule has 1 aromatic carbocycles. The molecule has 1 aromatic rings. The van der Waals surface area contributed by atoms with E-state index in [1.54, 1.807) is 19.2 Å². The molecule has 0 saturated heterocycles. The minimum Gasteiger partial charge on any atom is -0.497 e. The predicted octanol–water partition coefficient (Wildman–Crippen LogP) is 1.08. The molecular formula is C10H15ClN2O2. The lowest BCUT2D eigenvalue weighted by Crippen LogP contribution is -2.32. The fourth-order valence-corrected chi connectivity index (χ4v) is 1.31. The van der Waals surface area contributed by atoms with Crippen molar-refractivity contribution in [3.05, 3.63) is 23.2 Å². The van der Waals surface area contributed by atoms with Crippen molar-refractivity contribution in [3.8, 4) is 5.75 Å². The van der Waals surface area contributed by atoms with E-state index >= 15 is 0 Å². The van der Waals surface area contributed by atoms with E-state index in [4.69, 9.17) is 27.2 Å². The second-order valence-corrected chi connectivity index (χ2v) is 3.58. The Morgan fingerprint density at radius 1 is 1.60 bits per heavy atom. The summed E-state index contributed by atoms with van der Waals surface area (Å²) in [5.74, 6) is 0.706. The molecule has 0 saturated carbocycles. The van der Waals surface area contributed by atoms with Gasteiger partial charge in [0.05, 0.1) is 24.4 Å². The normalized spacial score (nSPS) is 12.3. The minimum atomic E-state index is -0.289. The Kier molecular flexibility index (Phi) is 4.68. The first kappa shape index (κ1) is 12.1. The molecule has 1 rings (SSSR count). The van der Waals surface area contributed by atoms with Crippen molar-refractivity contribution in [1.29, 1.82) is 0 Å². The van der Waals surface area contributed by atoms with Crippen LogP contribution in [0.3, 0.4) is 0 Å². The van der Waals surface area contributed by atoms with Crippen LogP contribution in [0.15, 0.2) is 18.2 Å². The molecule has 0 aliphatic carbocycles. The van der Waals surface area contributed by atoms with E-state index in [2.05, 4.69) is 5.32 Å². The van der Waals surface area contributed by atoms with E-state index in [0.717, 1.165) is 5.69 Å². The molecule has 0 aromatic heterocycles. The molecule has 1 unspecified atom stereocenters. The Balaban J connectivity index is 2.62. The molecule has 0 aliphatic rings. The Bertz CT molecular complexity index is 320. The molecule has 0 amide bonds. The summed E-state index contributed by atoms with van der Waals surface area (Å²) in [5.41, 5.74) is 6.33. The molecule has 0 spiro atoms. The van der Waals surface area contributed by atoms with Gasteiger partial charge in [0.15, 0.2) is 0 Å². The summed E-state index contributed by atoms with van der Waals surface area (Å²) < 4.78 is 5.02. The van der Waals surface area contributed by atoms with Gasteiger partial charge in [0.1, 0.15) is 5.75 Å². The molecule has 1 atom stereocenters. The van der Waals surface area contributed by atoms with Crippen molar-refractivity contribution in [1.82, 2.24) is 0 Å². The summed E-state index contributed by atoms with van der Waals surface area (Å²) in [7, 11) is 1.58. The van der Waals surface area contributed by atoms with E-state index in [1.807, 2.05) is 6.07 Å². The van der Waals surface area contributed by atoms with Gasteiger partial charge in [-0.1, -0.05) is 11.6 Å². The molecule has 0 fully saturated rings. The summed E-state index contributed by atoms with van der Waals surface area (Å²) in [5, 5.41) is 12.4. The monoisotopic (exact) mass is 230 g/mol. The van der Waals surface area contributed by atoms with Gasteiger partial charge in [-0.05, 0) is 12.1 Å². The van der Waals surface area contributed by atoms with Crippen molar-refractivity contribution in [2.45, 2.75) is 6.04 Å². The van der Waals surface area contributed by atoms with E-state index in [1.165, 1.54) is 0 Å². The highest BCUT2D eigenvalue weighted by atomic mass is 35.5. The van der Waals surface area contributed by atoms with Gasteiger partial charge in [-0.25, -0.2) is 0 Å². The number of aliphatic hydroxyl groups excluding tert-OH is 1. The lowest BCUT2D eigenvalue weighted by Gasteiger charge is -2.12. The molecule has 0 radical (unpaired) electrons. The lowest BCUT2D eigenvalue weighted by molar-refractivity contribution is 0.270. The zero-order chi connectivity index (χ0) is 11.3. The molecule has 0 aliphatic heterocycles. The van der Waals surface area contributed by atoms with Crippen LogP contribution in [0.5, 0.6) is 5.75 Å². The van der Waals surface area contributed by atoms with Gasteiger partial charge >= 0.3 is 0 Å². The van der Waals surface area contributed by atoms with E-state index in [9.17, 15) is 0 Å². The number of hydrogen-bond donors (Lipinski definition) is 3. The van der Waals surface area contributed by atoms with E-state index in [0.29, 0.717) is 17.3 Å². The Morgan fingerprint density at radius 2 is 2.33 bits per heavy atom. The quantitative estimate of drug-likeness (QED) is 0.708. The SMILES string of the molecule is COc1ccc(NCC(N)CO)c(Cl)c1. The first-order valence-corrected chi connectivity index (χ1v) is 4.99. The number of anilines is 1. The molecule has 5 heteroatoms. The fourth-order valence-electron chi connectivity index (χ4n) is 1.07. The van der Waals surface area contributed by atoms with Gasteiger partial charge in [-0.2, -0.15) is 0 Å². The van der Waals surface area contributed by atoms with E-state index in [-0.39, 0.29) is 12.6 Å². The number of methoxy groups -OCH3 is 1. The summed E-state index contributed by atoms with van der Waals surface area (Å²) in [6, 6.07) is 5.04. The Labute approximate surface area is 94.0 Å². The first-order valence-electron chi connectivity index (χ1n) is 4.61. The van der Waals surface area contributed by atoms with Gasteiger partial charge in [-0.3, -0.25) is 0 Å². The molecule has 84 valence electrons. The number of nitrogens with two attached hydrogens (primary N) is 1. The number of halogens is 1. The summed E-state index contributed by atoms with van der Waals surface area (Å²) in [4.78, 5) is 0. The summed E-state index contributed by atoms with van der Waals surface area (Å²) >= 11 is 5.99. The van der Waals surface area contributed by atoms with Gasteiger partial charge in [0, 0.05) is 18.7 Å². The van der Waals surface area contributed by atoms with Crippen LogP contribution in [0.1, 0.15) is 0 Å². The smallest absolute Gasteiger partial charge is 0.120 e. The zero-order valence-electron chi connectivity index (χ0n) is 8.53. The van der Waals surface area contributed by atoms with Crippen LogP contribution < -0.4 is 15.8 Å². The average Bonchev–Trinajstić information content (AvgIpc) is 2.26. The minimum absolute atomic E-state index is 0.0548. The molecular weight excluding hydrogens is 216 g/mol. The van der Waals surface area contributed by atoms with Gasteiger partial charge < -0.3 is 20.9 Å². The molecule has 0 heterocycles. The Hall–Kier alpha value is -0.970.